The van der Waals surface area contributed by atoms with Crippen LogP contribution in [0.4, 0.5) is 21.8 Å². The third-order valence-electron chi connectivity index (χ3n) is 4.04. The molecule has 0 aliphatic heterocycles. The largest absolute Gasteiger partial charge is 0.370 e. The fourth-order valence-electron chi connectivity index (χ4n) is 2.69. The molecular weight excluding hydrogens is 343 g/mol. The number of hydrogen-bond donors (Lipinski definition) is 2. The summed E-state index contributed by atoms with van der Waals surface area (Å²) in [7, 11) is 0. The Kier molecular flexibility index (Phi) is 5.76. The van der Waals surface area contributed by atoms with Gasteiger partial charge >= 0.3 is 0 Å². The van der Waals surface area contributed by atoms with Crippen LogP contribution in [0.15, 0.2) is 54.6 Å². The molecule has 0 fully saturated rings. The van der Waals surface area contributed by atoms with Gasteiger partial charge in [0.15, 0.2) is 5.78 Å². The minimum Gasteiger partial charge on any atom is -0.370 e. The average molecular weight is 364 g/mol. The predicted molar refractivity (Wildman–Crippen MR) is 105 cm³/mol. The number of halogens is 1. The van der Waals surface area contributed by atoms with E-state index in [9.17, 15) is 9.18 Å². The summed E-state index contributed by atoms with van der Waals surface area (Å²) in [6, 6.07) is 15.8. The van der Waals surface area contributed by atoms with Gasteiger partial charge in [0.2, 0.25) is 5.95 Å². The molecule has 1 aromatic heterocycles. The summed E-state index contributed by atoms with van der Waals surface area (Å²) >= 11 is 0. The summed E-state index contributed by atoms with van der Waals surface area (Å²) in [5, 5.41) is 6.33. The number of nitrogens with zero attached hydrogens (tertiary/aromatic N) is 2. The SMILES string of the molecule is CC(=O)c1cccc(Nc2nc(C)cc(NCCc3ccccc3F)n2)c1. The first-order valence-corrected chi connectivity index (χ1v) is 8.72. The van der Waals surface area contributed by atoms with Gasteiger partial charge in [-0.05, 0) is 44.0 Å². The Balaban J connectivity index is 1.68. The third-order valence-corrected chi connectivity index (χ3v) is 4.04. The number of benzene rings is 2. The van der Waals surface area contributed by atoms with Crippen molar-refractivity contribution in [1.82, 2.24) is 9.97 Å². The molecule has 0 bridgehead atoms. The van der Waals surface area contributed by atoms with Crippen LogP contribution in [0.5, 0.6) is 0 Å². The van der Waals surface area contributed by atoms with Crippen molar-refractivity contribution in [2.45, 2.75) is 20.3 Å². The standard InChI is InChI=1S/C21H21FN4O/c1-14-12-20(23-11-10-16-6-3-4-9-19(16)22)26-21(24-14)25-18-8-5-7-17(13-18)15(2)27/h3-9,12-13H,10-11H2,1-2H3,(H2,23,24,25,26). The highest BCUT2D eigenvalue weighted by atomic mass is 19.1. The lowest BCUT2D eigenvalue weighted by molar-refractivity contribution is 0.101. The summed E-state index contributed by atoms with van der Waals surface area (Å²) in [4.78, 5) is 20.3. The summed E-state index contributed by atoms with van der Waals surface area (Å²) in [6.45, 7) is 3.96. The first-order valence-electron chi connectivity index (χ1n) is 8.72. The number of nitrogens with one attached hydrogen (secondary N) is 2. The zero-order valence-electron chi connectivity index (χ0n) is 15.3. The molecule has 0 saturated heterocycles. The normalized spacial score (nSPS) is 10.5. The van der Waals surface area contributed by atoms with Crippen LogP contribution < -0.4 is 10.6 Å². The van der Waals surface area contributed by atoms with Crippen molar-refractivity contribution in [3.63, 3.8) is 0 Å². The van der Waals surface area contributed by atoms with Crippen LogP contribution in [0.25, 0.3) is 0 Å². The van der Waals surface area contributed by atoms with E-state index in [1.54, 1.807) is 24.3 Å². The Bertz CT molecular complexity index is 958. The smallest absolute Gasteiger partial charge is 0.229 e. The van der Waals surface area contributed by atoms with E-state index in [0.29, 0.717) is 35.9 Å². The Morgan fingerprint density at radius 1 is 1.07 bits per heavy atom. The second-order valence-electron chi connectivity index (χ2n) is 6.25. The van der Waals surface area contributed by atoms with Gasteiger partial charge in [-0.25, -0.2) is 9.37 Å². The number of ketones is 1. The first-order chi connectivity index (χ1) is 13.0. The lowest BCUT2D eigenvalue weighted by atomic mass is 10.1. The third kappa shape index (κ3) is 5.10. The number of carbonyl (C=O) groups is 1. The molecule has 0 aliphatic carbocycles. The molecule has 0 saturated carbocycles. The van der Waals surface area contributed by atoms with E-state index < -0.39 is 0 Å². The first kappa shape index (κ1) is 18.5. The minimum absolute atomic E-state index is 0.000638. The van der Waals surface area contributed by atoms with E-state index in [1.165, 1.54) is 13.0 Å². The van der Waals surface area contributed by atoms with Gasteiger partial charge in [-0.15, -0.1) is 0 Å². The van der Waals surface area contributed by atoms with Crippen LogP contribution in [-0.4, -0.2) is 22.3 Å². The molecule has 2 aromatic carbocycles. The maximum absolute atomic E-state index is 13.7. The number of hydrogen-bond acceptors (Lipinski definition) is 5. The molecule has 3 aromatic rings. The van der Waals surface area contributed by atoms with Crippen molar-refractivity contribution in [3.05, 3.63) is 77.2 Å². The number of aryl methyl sites for hydroxylation is 1. The van der Waals surface area contributed by atoms with Gasteiger partial charge in [-0.1, -0.05) is 30.3 Å². The number of rotatable bonds is 7. The van der Waals surface area contributed by atoms with Gasteiger partial charge in [0.25, 0.3) is 0 Å². The van der Waals surface area contributed by atoms with Crippen LogP contribution in [0.3, 0.4) is 0 Å². The number of aromatic nitrogens is 2. The molecule has 5 nitrogen and oxygen atoms in total. The molecule has 27 heavy (non-hydrogen) atoms. The zero-order chi connectivity index (χ0) is 19.2. The second kappa shape index (κ2) is 8.40. The van der Waals surface area contributed by atoms with E-state index in [4.69, 9.17) is 0 Å². The summed E-state index contributed by atoms with van der Waals surface area (Å²) in [6.07, 6.45) is 0.555. The predicted octanol–water partition coefficient (Wildman–Crippen LogP) is 4.52. The van der Waals surface area contributed by atoms with E-state index in [0.717, 1.165) is 11.4 Å². The highest BCUT2D eigenvalue weighted by molar-refractivity contribution is 5.95. The van der Waals surface area contributed by atoms with Gasteiger partial charge in [0, 0.05) is 29.6 Å². The highest BCUT2D eigenvalue weighted by Gasteiger charge is 2.06. The van der Waals surface area contributed by atoms with Gasteiger partial charge < -0.3 is 10.6 Å². The number of anilines is 3. The van der Waals surface area contributed by atoms with Crippen molar-refractivity contribution in [1.29, 1.82) is 0 Å². The lowest BCUT2D eigenvalue weighted by Gasteiger charge is -2.11. The van der Waals surface area contributed by atoms with Gasteiger partial charge in [0.1, 0.15) is 11.6 Å². The van der Waals surface area contributed by atoms with E-state index >= 15 is 0 Å². The van der Waals surface area contributed by atoms with Crippen molar-refractivity contribution in [2.75, 3.05) is 17.2 Å². The van der Waals surface area contributed by atoms with E-state index in [-0.39, 0.29) is 11.6 Å². The Labute approximate surface area is 157 Å². The number of Topliss-reactive ketones (excluding diaryl/α,β-unsaturated/α-hetero) is 1. The van der Waals surface area contributed by atoms with Crippen molar-refractivity contribution >= 4 is 23.2 Å². The molecule has 0 spiro atoms. The van der Waals surface area contributed by atoms with Crippen LogP contribution in [-0.2, 0) is 6.42 Å². The molecule has 0 atom stereocenters. The van der Waals surface area contributed by atoms with Gasteiger partial charge in [0.05, 0.1) is 0 Å². The quantitative estimate of drug-likeness (QED) is 0.603. The monoisotopic (exact) mass is 364 g/mol. The van der Waals surface area contributed by atoms with E-state index in [2.05, 4.69) is 20.6 Å². The topological polar surface area (TPSA) is 66.9 Å². The van der Waals surface area contributed by atoms with Crippen LogP contribution in [0, 0.1) is 12.7 Å². The molecule has 6 heteroatoms. The Hall–Kier alpha value is -3.28. The van der Waals surface area contributed by atoms with E-state index in [1.807, 2.05) is 31.2 Å². The Morgan fingerprint density at radius 2 is 1.89 bits per heavy atom. The fourth-order valence-corrected chi connectivity index (χ4v) is 2.69. The lowest BCUT2D eigenvalue weighted by Crippen LogP contribution is -2.09. The van der Waals surface area contributed by atoms with Gasteiger partial charge in [-0.3, -0.25) is 4.79 Å². The molecule has 1 heterocycles. The molecule has 2 N–H and O–H groups in total. The van der Waals surface area contributed by atoms with Crippen LogP contribution in [0.2, 0.25) is 0 Å². The summed E-state index contributed by atoms with van der Waals surface area (Å²) in [5.41, 5.74) is 2.82. The molecular formula is C21H21FN4O. The number of carbonyl (C=O) groups excluding carboxylic acids is 1. The molecule has 0 unspecified atom stereocenters. The molecule has 0 radical (unpaired) electrons. The van der Waals surface area contributed by atoms with Crippen molar-refractivity contribution in [3.8, 4) is 0 Å². The Morgan fingerprint density at radius 3 is 2.67 bits per heavy atom. The molecule has 0 aliphatic rings. The maximum Gasteiger partial charge on any atom is 0.229 e. The maximum atomic E-state index is 13.7. The zero-order valence-corrected chi connectivity index (χ0v) is 15.3. The fraction of sp³-hybridized carbons (Fsp3) is 0.190. The summed E-state index contributed by atoms with van der Waals surface area (Å²) in [5.74, 6) is 0.887. The van der Waals surface area contributed by atoms with Gasteiger partial charge in [-0.2, -0.15) is 4.98 Å². The average Bonchev–Trinajstić information content (AvgIpc) is 2.63. The molecule has 0 amide bonds. The van der Waals surface area contributed by atoms with Crippen molar-refractivity contribution < 1.29 is 9.18 Å². The minimum atomic E-state index is -0.203. The van der Waals surface area contributed by atoms with Crippen molar-refractivity contribution in [2.24, 2.45) is 0 Å². The molecule has 138 valence electrons. The highest BCUT2D eigenvalue weighted by Crippen LogP contribution is 2.17. The molecule has 3 rings (SSSR count). The van der Waals surface area contributed by atoms with Crippen LogP contribution in [0.1, 0.15) is 28.5 Å². The van der Waals surface area contributed by atoms with Crippen LogP contribution >= 0.6 is 0 Å². The second-order valence-corrected chi connectivity index (χ2v) is 6.25. The summed E-state index contributed by atoms with van der Waals surface area (Å²) < 4.78 is 13.7.